The standard InChI is InChI=1S/C11H15F2NO3/c1-11(12,13)8-4-7(6-17-14)5-9(15-2)10(8)16-3/h4-5H,6,14H2,1-3H3. The first-order valence-corrected chi connectivity index (χ1v) is 4.89. The summed E-state index contributed by atoms with van der Waals surface area (Å²) in [6, 6.07) is 2.83. The Morgan fingerprint density at radius 1 is 1.24 bits per heavy atom. The number of halogens is 2. The summed E-state index contributed by atoms with van der Waals surface area (Å²) in [7, 11) is 2.69. The number of nitrogens with two attached hydrogens (primary N) is 1. The van der Waals surface area contributed by atoms with Crippen LogP contribution in [0.5, 0.6) is 11.5 Å². The van der Waals surface area contributed by atoms with E-state index in [2.05, 4.69) is 4.84 Å². The van der Waals surface area contributed by atoms with Crippen molar-refractivity contribution in [2.24, 2.45) is 5.90 Å². The highest BCUT2D eigenvalue weighted by Gasteiger charge is 2.31. The van der Waals surface area contributed by atoms with E-state index in [1.807, 2.05) is 0 Å². The first-order chi connectivity index (χ1) is 7.93. The molecule has 2 N–H and O–H groups in total. The third-order valence-corrected chi connectivity index (χ3v) is 2.26. The van der Waals surface area contributed by atoms with Gasteiger partial charge in [0, 0.05) is 6.92 Å². The minimum atomic E-state index is -3.04. The van der Waals surface area contributed by atoms with Gasteiger partial charge in [0.05, 0.1) is 26.4 Å². The van der Waals surface area contributed by atoms with Gasteiger partial charge in [-0.05, 0) is 17.7 Å². The van der Waals surface area contributed by atoms with Gasteiger partial charge in [-0.3, -0.25) is 4.84 Å². The summed E-state index contributed by atoms with van der Waals surface area (Å²) in [5.74, 6) is 2.12. The van der Waals surface area contributed by atoms with Crippen LogP contribution in [0.1, 0.15) is 18.1 Å². The Morgan fingerprint density at radius 3 is 2.29 bits per heavy atom. The Balaban J connectivity index is 3.37. The zero-order valence-electron chi connectivity index (χ0n) is 9.92. The van der Waals surface area contributed by atoms with Crippen LogP contribution in [-0.2, 0) is 17.4 Å². The topological polar surface area (TPSA) is 53.7 Å². The molecule has 0 unspecified atom stereocenters. The van der Waals surface area contributed by atoms with Gasteiger partial charge in [0.15, 0.2) is 11.5 Å². The molecule has 0 fully saturated rings. The van der Waals surface area contributed by atoms with Crippen LogP contribution in [0.2, 0.25) is 0 Å². The molecule has 1 aromatic rings. The molecule has 0 amide bonds. The SMILES string of the molecule is COc1cc(CON)cc(C(C)(F)F)c1OC. The van der Waals surface area contributed by atoms with Gasteiger partial charge >= 0.3 is 0 Å². The normalized spacial score (nSPS) is 11.4. The van der Waals surface area contributed by atoms with Crippen molar-refractivity contribution in [1.82, 2.24) is 0 Å². The highest BCUT2D eigenvalue weighted by molar-refractivity contribution is 5.51. The molecule has 0 radical (unpaired) electrons. The van der Waals surface area contributed by atoms with Crippen LogP contribution in [0, 0.1) is 0 Å². The fourth-order valence-corrected chi connectivity index (χ4v) is 1.53. The largest absolute Gasteiger partial charge is 0.493 e. The lowest BCUT2D eigenvalue weighted by Crippen LogP contribution is -2.11. The molecule has 0 spiro atoms. The quantitative estimate of drug-likeness (QED) is 0.810. The third-order valence-electron chi connectivity index (χ3n) is 2.26. The second-order valence-corrected chi connectivity index (χ2v) is 3.58. The van der Waals surface area contributed by atoms with Gasteiger partial charge in [-0.1, -0.05) is 0 Å². The van der Waals surface area contributed by atoms with E-state index < -0.39 is 5.92 Å². The highest BCUT2D eigenvalue weighted by atomic mass is 19.3. The van der Waals surface area contributed by atoms with Gasteiger partial charge in [-0.25, -0.2) is 14.7 Å². The van der Waals surface area contributed by atoms with Crippen LogP contribution in [0.25, 0.3) is 0 Å². The van der Waals surface area contributed by atoms with Crippen LogP contribution in [0.3, 0.4) is 0 Å². The lowest BCUT2D eigenvalue weighted by atomic mass is 10.0. The summed E-state index contributed by atoms with van der Waals surface area (Å²) >= 11 is 0. The first kappa shape index (κ1) is 13.7. The molecule has 0 aliphatic carbocycles. The van der Waals surface area contributed by atoms with E-state index in [1.54, 1.807) is 6.07 Å². The summed E-state index contributed by atoms with van der Waals surface area (Å²) in [5, 5.41) is 0. The number of methoxy groups -OCH3 is 2. The van der Waals surface area contributed by atoms with Crippen molar-refractivity contribution in [3.05, 3.63) is 23.3 Å². The Hall–Kier alpha value is -1.40. The van der Waals surface area contributed by atoms with Crippen molar-refractivity contribution < 1.29 is 23.1 Å². The van der Waals surface area contributed by atoms with E-state index in [0.717, 1.165) is 6.92 Å². The van der Waals surface area contributed by atoms with Crippen molar-refractivity contribution in [1.29, 1.82) is 0 Å². The molecule has 0 aromatic heterocycles. The maximum absolute atomic E-state index is 13.4. The molecule has 1 aromatic carbocycles. The molecule has 0 bridgehead atoms. The number of ether oxygens (including phenoxy) is 2. The lowest BCUT2D eigenvalue weighted by molar-refractivity contribution is 0.0144. The van der Waals surface area contributed by atoms with E-state index >= 15 is 0 Å². The Bertz CT molecular complexity index is 391. The summed E-state index contributed by atoms with van der Waals surface area (Å²) in [6.07, 6.45) is 0. The van der Waals surface area contributed by atoms with Crippen LogP contribution in [0.4, 0.5) is 8.78 Å². The Kier molecular flexibility index (Phi) is 4.25. The minimum absolute atomic E-state index is 0.0146. The van der Waals surface area contributed by atoms with Crippen LogP contribution in [-0.4, -0.2) is 14.2 Å². The van der Waals surface area contributed by atoms with E-state index in [-0.39, 0.29) is 23.7 Å². The van der Waals surface area contributed by atoms with Crippen molar-refractivity contribution in [3.63, 3.8) is 0 Å². The molecule has 0 atom stereocenters. The van der Waals surface area contributed by atoms with E-state index in [0.29, 0.717) is 5.56 Å². The molecule has 0 saturated carbocycles. The summed E-state index contributed by atoms with van der Waals surface area (Å²) < 4.78 is 36.8. The zero-order valence-corrected chi connectivity index (χ0v) is 9.92. The maximum Gasteiger partial charge on any atom is 0.274 e. The molecule has 1 rings (SSSR count). The van der Waals surface area contributed by atoms with Gasteiger partial charge < -0.3 is 9.47 Å². The number of rotatable bonds is 5. The molecule has 17 heavy (non-hydrogen) atoms. The molecule has 4 nitrogen and oxygen atoms in total. The molecule has 0 aliphatic rings. The number of alkyl halides is 2. The average molecular weight is 247 g/mol. The summed E-state index contributed by atoms with van der Waals surface area (Å²) in [4.78, 5) is 4.43. The fraction of sp³-hybridized carbons (Fsp3) is 0.455. The van der Waals surface area contributed by atoms with Gasteiger partial charge in [-0.2, -0.15) is 0 Å². The maximum atomic E-state index is 13.4. The fourth-order valence-electron chi connectivity index (χ4n) is 1.53. The van der Waals surface area contributed by atoms with Crippen molar-refractivity contribution in [2.45, 2.75) is 19.5 Å². The second-order valence-electron chi connectivity index (χ2n) is 3.58. The van der Waals surface area contributed by atoms with E-state index in [9.17, 15) is 8.78 Å². The Morgan fingerprint density at radius 2 is 1.88 bits per heavy atom. The summed E-state index contributed by atoms with van der Waals surface area (Å²) in [6.45, 7) is 0.806. The predicted octanol–water partition coefficient (Wildman–Crippen LogP) is 2.21. The van der Waals surface area contributed by atoms with Gasteiger partial charge in [-0.15, -0.1) is 0 Å². The zero-order chi connectivity index (χ0) is 13.1. The average Bonchev–Trinajstić information content (AvgIpc) is 2.27. The molecular weight excluding hydrogens is 232 g/mol. The monoisotopic (exact) mass is 247 g/mol. The number of hydrogen-bond donors (Lipinski definition) is 1. The van der Waals surface area contributed by atoms with E-state index in [1.165, 1.54) is 20.3 Å². The van der Waals surface area contributed by atoms with E-state index in [4.69, 9.17) is 15.4 Å². The predicted molar refractivity (Wildman–Crippen MR) is 58.1 cm³/mol. The smallest absolute Gasteiger partial charge is 0.274 e. The molecule has 96 valence electrons. The first-order valence-electron chi connectivity index (χ1n) is 4.89. The van der Waals surface area contributed by atoms with Crippen molar-refractivity contribution in [3.8, 4) is 11.5 Å². The minimum Gasteiger partial charge on any atom is -0.493 e. The van der Waals surface area contributed by atoms with Crippen LogP contribution < -0.4 is 15.4 Å². The van der Waals surface area contributed by atoms with Crippen molar-refractivity contribution in [2.75, 3.05) is 14.2 Å². The van der Waals surface area contributed by atoms with Gasteiger partial charge in [0.25, 0.3) is 5.92 Å². The molecule has 0 saturated heterocycles. The molecule has 0 aliphatic heterocycles. The molecule has 6 heteroatoms. The molecule has 0 heterocycles. The highest BCUT2D eigenvalue weighted by Crippen LogP contribution is 2.41. The van der Waals surface area contributed by atoms with Gasteiger partial charge in [0.1, 0.15) is 0 Å². The third kappa shape index (κ3) is 3.04. The number of hydrogen-bond acceptors (Lipinski definition) is 4. The van der Waals surface area contributed by atoms with Gasteiger partial charge in [0.2, 0.25) is 0 Å². The molecular formula is C11H15F2NO3. The Labute approximate surface area is 98.2 Å². The lowest BCUT2D eigenvalue weighted by Gasteiger charge is -2.18. The second kappa shape index (κ2) is 5.29. The summed E-state index contributed by atoms with van der Waals surface area (Å²) in [5.41, 5.74) is 0.230. The van der Waals surface area contributed by atoms with Crippen LogP contribution in [0.15, 0.2) is 12.1 Å². The van der Waals surface area contributed by atoms with Crippen molar-refractivity contribution >= 4 is 0 Å². The van der Waals surface area contributed by atoms with Crippen LogP contribution >= 0.6 is 0 Å². The number of benzene rings is 1.